The Kier molecular flexibility index (Phi) is 2.90. The van der Waals surface area contributed by atoms with Crippen LogP contribution in [0, 0.1) is 0 Å². The van der Waals surface area contributed by atoms with Gasteiger partial charge in [0.25, 0.3) is 0 Å². The molecule has 0 radical (unpaired) electrons. The zero-order valence-electron chi connectivity index (χ0n) is 12.7. The molecule has 2 aromatic heterocycles. The van der Waals surface area contributed by atoms with Crippen molar-refractivity contribution in [2.45, 2.75) is 13.8 Å². The standard InChI is InChI=1S/C18H11NO.C2H6/c1-3-7-15-11(5-1)13-9-14-12-6-2-4-8-17(12)20-18(14)10-16(13)19-15;1-2/h1-10,19H;1-2H3. The lowest BCUT2D eigenvalue weighted by Gasteiger charge is -1.92. The molecule has 0 aliphatic carbocycles. The van der Waals surface area contributed by atoms with Gasteiger partial charge in [-0.1, -0.05) is 50.2 Å². The predicted molar refractivity (Wildman–Crippen MR) is 94.4 cm³/mol. The van der Waals surface area contributed by atoms with E-state index in [9.17, 15) is 0 Å². The zero-order valence-corrected chi connectivity index (χ0v) is 12.7. The molecule has 0 saturated carbocycles. The lowest BCUT2D eigenvalue weighted by atomic mass is 10.1. The summed E-state index contributed by atoms with van der Waals surface area (Å²) < 4.78 is 5.94. The van der Waals surface area contributed by atoms with E-state index in [-0.39, 0.29) is 0 Å². The predicted octanol–water partition coefficient (Wildman–Crippen LogP) is 6.25. The Morgan fingerprint density at radius 3 is 2.23 bits per heavy atom. The van der Waals surface area contributed by atoms with Crippen LogP contribution >= 0.6 is 0 Å². The fourth-order valence-corrected chi connectivity index (χ4v) is 3.07. The third-order valence-corrected chi connectivity index (χ3v) is 4.00. The molecule has 0 bridgehead atoms. The lowest BCUT2D eigenvalue weighted by Crippen LogP contribution is -1.69. The van der Waals surface area contributed by atoms with Crippen molar-refractivity contribution in [3.05, 3.63) is 60.7 Å². The number of rotatable bonds is 0. The molecular formula is C20H17NO. The second kappa shape index (κ2) is 4.92. The molecule has 1 N–H and O–H groups in total. The Bertz CT molecular complexity index is 1010. The minimum absolute atomic E-state index is 0.935. The van der Waals surface area contributed by atoms with E-state index in [1.807, 2.05) is 26.0 Å². The maximum atomic E-state index is 5.94. The first kappa shape index (κ1) is 13.0. The van der Waals surface area contributed by atoms with Gasteiger partial charge in [-0.2, -0.15) is 0 Å². The van der Waals surface area contributed by atoms with Crippen molar-refractivity contribution in [1.82, 2.24) is 4.98 Å². The van der Waals surface area contributed by atoms with Gasteiger partial charge in [-0.25, -0.2) is 0 Å². The van der Waals surface area contributed by atoms with Gasteiger partial charge in [0.2, 0.25) is 0 Å². The van der Waals surface area contributed by atoms with Gasteiger partial charge < -0.3 is 9.40 Å². The van der Waals surface area contributed by atoms with Crippen LogP contribution in [0.3, 0.4) is 0 Å². The number of aromatic nitrogens is 1. The molecule has 0 aliphatic rings. The molecule has 0 spiro atoms. The molecule has 2 nitrogen and oxygen atoms in total. The van der Waals surface area contributed by atoms with Gasteiger partial charge in [0, 0.05) is 33.1 Å². The van der Waals surface area contributed by atoms with Crippen LogP contribution in [0.15, 0.2) is 65.1 Å². The summed E-state index contributed by atoms with van der Waals surface area (Å²) in [5.41, 5.74) is 4.17. The van der Waals surface area contributed by atoms with Crippen LogP contribution in [0.2, 0.25) is 0 Å². The molecule has 108 valence electrons. The van der Waals surface area contributed by atoms with Crippen molar-refractivity contribution in [3.8, 4) is 0 Å². The lowest BCUT2D eigenvalue weighted by molar-refractivity contribution is 0.669. The Balaban J connectivity index is 0.000000602. The maximum Gasteiger partial charge on any atom is 0.137 e. The normalized spacial score (nSPS) is 11.2. The van der Waals surface area contributed by atoms with Crippen molar-refractivity contribution < 1.29 is 4.42 Å². The average Bonchev–Trinajstić information content (AvgIpc) is 3.12. The quantitative estimate of drug-likeness (QED) is 0.358. The fraction of sp³-hybridized carbons (Fsp3) is 0.100. The summed E-state index contributed by atoms with van der Waals surface area (Å²) in [5.74, 6) is 0. The molecule has 0 unspecified atom stereocenters. The molecule has 0 amide bonds. The molecule has 5 aromatic rings. The highest BCUT2D eigenvalue weighted by Gasteiger charge is 2.10. The smallest absolute Gasteiger partial charge is 0.137 e. The number of hydrogen-bond acceptors (Lipinski definition) is 1. The van der Waals surface area contributed by atoms with Crippen LogP contribution in [0.5, 0.6) is 0 Å². The number of H-pyrrole nitrogens is 1. The van der Waals surface area contributed by atoms with Gasteiger partial charge in [0.15, 0.2) is 0 Å². The highest BCUT2D eigenvalue weighted by atomic mass is 16.3. The van der Waals surface area contributed by atoms with Gasteiger partial charge in [0.1, 0.15) is 11.2 Å². The van der Waals surface area contributed by atoms with E-state index >= 15 is 0 Å². The second-order valence-corrected chi connectivity index (χ2v) is 5.16. The summed E-state index contributed by atoms with van der Waals surface area (Å²) in [5, 5.41) is 4.86. The Labute approximate surface area is 128 Å². The summed E-state index contributed by atoms with van der Waals surface area (Å²) in [6.07, 6.45) is 0. The minimum Gasteiger partial charge on any atom is -0.456 e. The van der Waals surface area contributed by atoms with Crippen molar-refractivity contribution >= 4 is 43.7 Å². The number of nitrogens with one attached hydrogen (secondary N) is 1. The van der Waals surface area contributed by atoms with E-state index in [1.165, 1.54) is 27.1 Å². The van der Waals surface area contributed by atoms with E-state index in [0.717, 1.165) is 16.7 Å². The number of para-hydroxylation sites is 2. The molecule has 5 rings (SSSR count). The SMILES string of the molecule is CC.c1ccc2c(c1)[nH]c1cc3oc4ccccc4c3cc12. The van der Waals surface area contributed by atoms with Crippen molar-refractivity contribution in [3.63, 3.8) is 0 Å². The van der Waals surface area contributed by atoms with Crippen LogP contribution < -0.4 is 0 Å². The monoisotopic (exact) mass is 287 g/mol. The number of fused-ring (bicyclic) bond motifs is 6. The molecule has 22 heavy (non-hydrogen) atoms. The van der Waals surface area contributed by atoms with Gasteiger partial charge >= 0.3 is 0 Å². The highest BCUT2D eigenvalue weighted by Crippen LogP contribution is 2.34. The fourth-order valence-electron chi connectivity index (χ4n) is 3.07. The van der Waals surface area contributed by atoms with E-state index < -0.39 is 0 Å². The molecule has 0 atom stereocenters. The maximum absolute atomic E-state index is 5.94. The van der Waals surface area contributed by atoms with Crippen LogP contribution in [0.1, 0.15) is 13.8 Å². The Hall–Kier alpha value is -2.74. The largest absolute Gasteiger partial charge is 0.456 e. The molecule has 3 aromatic carbocycles. The summed E-state index contributed by atoms with van der Waals surface area (Å²) in [4.78, 5) is 3.45. The van der Waals surface area contributed by atoms with Crippen LogP contribution in [-0.4, -0.2) is 4.98 Å². The molecule has 2 heterocycles. The summed E-state index contributed by atoms with van der Waals surface area (Å²) >= 11 is 0. The number of hydrogen-bond donors (Lipinski definition) is 1. The molecule has 2 heteroatoms. The van der Waals surface area contributed by atoms with Crippen molar-refractivity contribution in [2.75, 3.05) is 0 Å². The molecule has 0 fully saturated rings. The third kappa shape index (κ3) is 1.74. The van der Waals surface area contributed by atoms with E-state index in [4.69, 9.17) is 4.42 Å². The average molecular weight is 287 g/mol. The Morgan fingerprint density at radius 2 is 1.36 bits per heavy atom. The zero-order chi connectivity index (χ0) is 15.1. The summed E-state index contributed by atoms with van der Waals surface area (Å²) in [6, 6.07) is 20.9. The van der Waals surface area contributed by atoms with E-state index in [2.05, 4.69) is 53.5 Å². The van der Waals surface area contributed by atoms with Crippen LogP contribution in [0.4, 0.5) is 0 Å². The summed E-state index contributed by atoms with van der Waals surface area (Å²) in [6.45, 7) is 4.00. The molecule has 0 aliphatic heterocycles. The number of benzene rings is 3. The van der Waals surface area contributed by atoms with Gasteiger partial charge in [-0.3, -0.25) is 0 Å². The Morgan fingerprint density at radius 1 is 0.636 bits per heavy atom. The summed E-state index contributed by atoms with van der Waals surface area (Å²) in [7, 11) is 0. The first-order valence-corrected chi connectivity index (χ1v) is 7.72. The highest BCUT2D eigenvalue weighted by molar-refractivity contribution is 6.16. The molecular weight excluding hydrogens is 270 g/mol. The number of aromatic amines is 1. The van der Waals surface area contributed by atoms with Crippen molar-refractivity contribution in [1.29, 1.82) is 0 Å². The first-order chi connectivity index (χ1) is 10.9. The van der Waals surface area contributed by atoms with Crippen LogP contribution in [-0.2, 0) is 0 Å². The minimum atomic E-state index is 0.935. The van der Waals surface area contributed by atoms with E-state index in [1.54, 1.807) is 0 Å². The molecule has 0 saturated heterocycles. The third-order valence-electron chi connectivity index (χ3n) is 4.00. The van der Waals surface area contributed by atoms with Gasteiger partial charge in [-0.05, 0) is 18.2 Å². The van der Waals surface area contributed by atoms with Crippen molar-refractivity contribution in [2.24, 2.45) is 0 Å². The van der Waals surface area contributed by atoms with Gasteiger partial charge in [-0.15, -0.1) is 0 Å². The number of furan rings is 1. The van der Waals surface area contributed by atoms with E-state index in [0.29, 0.717) is 0 Å². The van der Waals surface area contributed by atoms with Crippen LogP contribution in [0.25, 0.3) is 43.7 Å². The topological polar surface area (TPSA) is 28.9 Å². The first-order valence-electron chi connectivity index (χ1n) is 7.72. The van der Waals surface area contributed by atoms with Gasteiger partial charge in [0.05, 0.1) is 5.52 Å². The second-order valence-electron chi connectivity index (χ2n) is 5.16.